The van der Waals surface area contributed by atoms with Crippen LogP contribution in [0.4, 0.5) is 0 Å². The minimum Gasteiger partial charge on any atom is -0.493 e. The van der Waals surface area contributed by atoms with Gasteiger partial charge in [0.2, 0.25) is 0 Å². The molecule has 9 heteroatoms. The van der Waals surface area contributed by atoms with Crippen molar-refractivity contribution in [2.45, 2.75) is 13.5 Å². The number of aromatic nitrogens is 2. The lowest BCUT2D eigenvalue weighted by Crippen LogP contribution is -2.28. The zero-order valence-electron chi connectivity index (χ0n) is 13.0. The molecular formula is C14H17N5O3S. The van der Waals surface area contributed by atoms with Gasteiger partial charge < -0.3 is 14.8 Å². The van der Waals surface area contributed by atoms with Gasteiger partial charge in [-0.2, -0.15) is 5.10 Å². The summed E-state index contributed by atoms with van der Waals surface area (Å²) in [6, 6.07) is 5.44. The van der Waals surface area contributed by atoms with Gasteiger partial charge in [-0.1, -0.05) is 10.3 Å². The second-order valence-corrected chi connectivity index (χ2v) is 4.85. The maximum atomic E-state index is 5.69. The molecule has 23 heavy (non-hydrogen) atoms. The molecule has 122 valence electrons. The fraction of sp³-hybridized carbons (Fsp3) is 0.286. The summed E-state index contributed by atoms with van der Waals surface area (Å²) < 4.78 is 15.7. The third-order valence-electron chi connectivity index (χ3n) is 2.91. The van der Waals surface area contributed by atoms with Crippen LogP contribution in [0.2, 0.25) is 0 Å². The van der Waals surface area contributed by atoms with E-state index in [9.17, 15) is 0 Å². The average molecular weight is 335 g/mol. The van der Waals surface area contributed by atoms with E-state index in [1.807, 2.05) is 6.07 Å². The molecule has 0 unspecified atom stereocenters. The van der Waals surface area contributed by atoms with E-state index in [0.29, 0.717) is 28.0 Å². The van der Waals surface area contributed by atoms with E-state index >= 15 is 0 Å². The molecular weight excluding hydrogens is 318 g/mol. The Balaban J connectivity index is 2.04. The van der Waals surface area contributed by atoms with E-state index in [-0.39, 0.29) is 6.61 Å². The molecule has 0 atom stereocenters. The molecule has 0 bridgehead atoms. The van der Waals surface area contributed by atoms with Crippen molar-refractivity contribution in [1.29, 1.82) is 0 Å². The Morgan fingerprint density at radius 2 is 2.22 bits per heavy atom. The molecule has 0 fully saturated rings. The van der Waals surface area contributed by atoms with E-state index in [0.717, 1.165) is 5.56 Å². The van der Waals surface area contributed by atoms with Crippen LogP contribution in [0.15, 0.2) is 27.9 Å². The summed E-state index contributed by atoms with van der Waals surface area (Å²) in [5.41, 5.74) is 4.84. The molecule has 2 aromatic rings. The highest BCUT2D eigenvalue weighted by molar-refractivity contribution is 7.80. The van der Waals surface area contributed by atoms with Crippen LogP contribution in [0.5, 0.6) is 11.5 Å². The standard InChI is InChI=1S/C14H17N5O3S/c1-9-11(19-22-18-9)8-21-12-5-4-10(6-13(12)20-3)7-16-17-14(23)15-2/h4-7H,8H2,1-3H3,(H2,15,17,23)/b16-7+. The van der Waals surface area contributed by atoms with Gasteiger partial charge in [0.1, 0.15) is 18.0 Å². The van der Waals surface area contributed by atoms with Gasteiger partial charge >= 0.3 is 0 Å². The lowest BCUT2D eigenvalue weighted by atomic mass is 10.2. The minimum atomic E-state index is 0.247. The molecule has 0 radical (unpaired) electrons. The molecule has 0 amide bonds. The van der Waals surface area contributed by atoms with E-state index in [2.05, 4.69) is 30.8 Å². The first-order valence-electron chi connectivity index (χ1n) is 6.73. The monoisotopic (exact) mass is 335 g/mol. The van der Waals surface area contributed by atoms with Crippen molar-refractivity contribution < 1.29 is 14.1 Å². The van der Waals surface area contributed by atoms with Crippen molar-refractivity contribution in [3.8, 4) is 11.5 Å². The predicted octanol–water partition coefficient (Wildman–Crippen LogP) is 1.39. The summed E-state index contributed by atoms with van der Waals surface area (Å²) in [6.07, 6.45) is 1.63. The van der Waals surface area contributed by atoms with Crippen molar-refractivity contribution in [2.75, 3.05) is 14.2 Å². The van der Waals surface area contributed by atoms with Crippen LogP contribution < -0.4 is 20.2 Å². The van der Waals surface area contributed by atoms with Gasteiger partial charge in [0, 0.05) is 7.05 Å². The van der Waals surface area contributed by atoms with Crippen molar-refractivity contribution in [3.05, 3.63) is 35.2 Å². The van der Waals surface area contributed by atoms with Crippen LogP contribution in [-0.4, -0.2) is 35.8 Å². The average Bonchev–Trinajstić information content (AvgIpc) is 2.98. The first kappa shape index (κ1) is 16.7. The number of nitrogens with one attached hydrogen (secondary N) is 2. The summed E-state index contributed by atoms with van der Waals surface area (Å²) in [4.78, 5) is 0. The number of benzene rings is 1. The quantitative estimate of drug-likeness (QED) is 0.465. The predicted molar refractivity (Wildman–Crippen MR) is 88.7 cm³/mol. The van der Waals surface area contributed by atoms with Crippen LogP contribution in [0.1, 0.15) is 17.0 Å². The first-order valence-corrected chi connectivity index (χ1v) is 7.14. The van der Waals surface area contributed by atoms with Gasteiger partial charge in [0.15, 0.2) is 16.6 Å². The molecule has 1 aromatic carbocycles. The normalized spacial score (nSPS) is 10.6. The van der Waals surface area contributed by atoms with E-state index < -0.39 is 0 Å². The van der Waals surface area contributed by atoms with Gasteiger partial charge in [0.05, 0.1) is 13.3 Å². The van der Waals surface area contributed by atoms with Gasteiger partial charge in [0.25, 0.3) is 0 Å². The number of hydrogen-bond acceptors (Lipinski definition) is 7. The Bertz CT molecular complexity index is 701. The molecule has 8 nitrogen and oxygen atoms in total. The summed E-state index contributed by atoms with van der Waals surface area (Å²) in [6.45, 7) is 2.05. The largest absolute Gasteiger partial charge is 0.493 e. The Labute approximate surface area is 138 Å². The zero-order valence-corrected chi connectivity index (χ0v) is 13.8. The second-order valence-electron chi connectivity index (χ2n) is 4.44. The maximum absolute atomic E-state index is 5.69. The molecule has 2 N–H and O–H groups in total. The second kappa shape index (κ2) is 8.08. The lowest BCUT2D eigenvalue weighted by molar-refractivity contribution is 0.260. The molecule has 0 saturated carbocycles. The van der Waals surface area contributed by atoms with E-state index in [1.54, 1.807) is 39.4 Å². The van der Waals surface area contributed by atoms with Crippen LogP contribution in [0, 0.1) is 6.92 Å². The van der Waals surface area contributed by atoms with Crippen LogP contribution in [0.25, 0.3) is 0 Å². The zero-order chi connectivity index (χ0) is 16.7. The lowest BCUT2D eigenvalue weighted by Gasteiger charge is -2.10. The molecule has 0 spiro atoms. The van der Waals surface area contributed by atoms with Crippen LogP contribution in [-0.2, 0) is 6.61 Å². The van der Waals surface area contributed by atoms with Crippen molar-refractivity contribution >= 4 is 23.5 Å². The molecule has 0 aliphatic rings. The number of methoxy groups -OCH3 is 1. The van der Waals surface area contributed by atoms with Crippen molar-refractivity contribution in [2.24, 2.45) is 5.10 Å². The van der Waals surface area contributed by atoms with Gasteiger partial charge in [-0.3, -0.25) is 5.43 Å². The van der Waals surface area contributed by atoms with Crippen molar-refractivity contribution in [1.82, 2.24) is 21.1 Å². The van der Waals surface area contributed by atoms with Crippen LogP contribution >= 0.6 is 12.2 Å². The number of hydrazone groups is 1. The first-order chi connectivity index (χ1) is 11.1. The summed E-state index contributed by atoms with van der Waals surface area (Å²) in [7, 11) is 3.28. The van der Waals surface area contributed by atoms with E-state index in [4.69, 9.17) is 21.7 Å². The highest BCUT2D eigenvalue weighted by Crippen LogP contribution is 2.28. The number of nitrogens with zero attached hydrogens (tertiary/aromatic N) is 3. The Hall–Kier alpha value is -2.68. The minimum absolute atomic E-state index is 0.247. The topological polar surface area (TPSA) is 93.8 Å². The fourth-order valence-electron chi connectivity index (χ4n) is 1.63. The fourth-order valence-corrected chi connectivity index (χ4v) is 1.68. The molecule has 0 aliphatic carbocycles. The number of hydrogen-bond donors (Lipinski definition) is 2. The summed E-state index contributed by atoms with van der Waals surface area (Å²) in [5, 5.41) is 14.7. The third kappa shape index (κ3) is 4.65. The number of thiocarbonyl (C=S) groups is 1. The van der Waals surface area contributed by atoms with Gasteiger partial charge in [-0.05, 0) is 42.9 Å². The Kier molecular flexibility index (Phi) is 5.87. The molecule has 0 saturated heterocycles. The number of rotatable bonds is 6. The number of ether oxygens (including phenoxy) is 2. The van der Waals surface area contributed by atoms with Gasteiger partial charge in [-0.25, -0.2) is 4.63 Å². The molecule has 2 rings (SSSR count). The van der Waals surface area contributed by atoms with E-state index in [1.165, 1.54) is 0 Å². The van der Waals surface area contributed by atoms with Crippen LogP contribution in [0.3, 0.4) is 0 Å². The molecule has 1 aromatic heterocycles. The van der Waals surface area contributed by atoms with Gasteiger partial charge in [-0.15, -0.1) is 0 Å². The maximum Gasteiger partial charge on any atom is 0.186 e. The van der Waals surface area contributed by atoms with Crippen molar-refractivity contribution in [3.63, 3.8) is 0 Å². The SMILES string of the molecule is CNC(=S)N/N=C/c1ccc(OCc2nonc2C)c(OC)c1. The summed E-state index contributed by atoms with van der Waals surface area (Å²) >= 11 is 4.92. The highest BCUT2D eigenvalue weighted by atomic mass is 32.1. The smallest absolute Gasteiger partial charge is 0.186 e. The Morgan fingerprint density at radius 1 is 1.39 bits per heavy atom. The molecule has 0 aliphatic heterocycles. The number of aryl methyl sites for hydroxylation is 1. The molecule has 1 heterocycles. The Morgan fingerprint density at radius 3 is 2.87 bits per heavy atom. The third-order valence-corrected chi connectivity index (χ3v) is 3.20. The highest BCUT2D eigenvalue weighted by Gasteiger charge is 2.09. The summed E-state index contributed by atoms with van der Waals surface area (Å²) in [5.74, 6) is 1.17.